The quantitative estimate of drug-likeness (QED) is 0.791. The van der Waals surface area contributed by atoms with Crippen LogP contribution in [0.25, 0.3) is 10.2 Å². The molecular formula is C21H28N4O2S. The molecule has 4 heterocycles. The summed E-state index contributed by atoms with van der Waals surface area (Å²) < 4.78 is 6.31. The van der Waals surface area contributed by atoms with E-state index in [4.69, 9.17) is 4.74 Å². The van der Waals surface area contributed by atoms with Crippen molar-refractivity contribution in [1.29, 1.82) is 0 Å². The molecule has 0 unspecified atom stereocenters. The zero-order chi connectivity index (χ0) is 19.3. The Bertz CT molecular complexity index is 899. The number of rotatable bonds is 3. The van der Waals surface area contributed by atoms with Crippen molar-refractivity contribution in [2.45, 2.75) is 51.6 Å². The largest absolute Gasteiger partial charge is 0.372 e. The van der Waals surface area contributed by atoms with Crippen molar-refractivity contribution in [2.75, 3.05) is 37.7 Å². The summed E-state index contributed by atoms with van der Waals surface area (Å²) in [5.41, 5.74) is 1.10. The van der Waals surface area contributed by atoms with Gasteiger partial charge in [0.2, 0.25) is 5.91 Å². The van der Waals surface area contributed by atoms with E-state index in [0.29, 0.717) is 13.0 Å². The highest BCUT2D eigenvalue weighted by Crippen LogP contribution is 2.38. The van der Waals surface area contributed by atoms with Gasteiger partial charge in [0.15, 0.2) is 0 Å². The Hall–Kier alpha value is -1.73. The molecule has 0 atom stereocenters. The number of ether oxygens (including phenoxy) is 1. The Balaban J connectivity index is 1.35. The van der Waals surface area contributed by atoms with E-state index in [2.05, 4.69) is 33.6 Å². The third kappa shape index (κ3) is 3.28. The molecule has 2 aliphatic heterocycles. The number of anilines is 1. The van der Waals surface area contributed by atoms with E-state index < -0.39 is 0 Å². The van der Waals surface area contributed by atoms with Crippen LogP contribution in [0.2, 0.25) is 0 Å². The lowest BCUT2D eigenvalue weighted by molar-refractivity contribution is -0.131. The number of carbonyl (C=O) groups is 1. The maximum absolute atomic E-state index is 12.5. The highest BCUT2D eigenvalue weighted by molar-refractivity contribution is 7.18. The van der Waals surface area contributed by atoms with E-state index in [9.17, 15) is 4.79 Å². The van der Waals surface area contributed by atoms with Crippen LogP contribution in [0.5, 0.6) is 0 Å². The van der Waals surface area contributed by atoms with Crippen LogP contribution in [0.15, 0.2) is 6.33 Å². The van der Waals surface area contributed by atoms with E-state index in [1.54, 1.807) is 17.7 Å². The third-order valence-corrected chi connectivity index (χ3v) is 7.77. The second kappa shape index (κ2) is 6.95. The van der Waals surface area contributed by atoms with Gasteiger partial charge in [0.05, 0.1) is 24.0 Å². The molecule has 2 aromatic heterocycles. The lowest BCUT2D eigenvalue weighted by atomic mass is 9.90. The molecule has 5 rings (SSSR count). The number of nitrogens with zero attached hydrogens (tertiary/aromatic N) is 4. The van der Waals surface area contributed by atoms with Crippen molar-refractivity contribution < 1.29 is 9.53 Å². The summed E-state index contributed by atoms with van der Waals surface area (Å²) in [5.74, 6) is 2.05. The molecular weight excluding hydrogens is 372 g/mol. The molecule has 3 fully saturated rings. The Kier molecular flexibility index (Phi) is 4.55. The van der Waals surface area contributed by atoms with Gasteiger partial charge in [0.25, 0.3) is 0 Å². The minimum atomic E-state index is -0.191. The molecule has 1 spiro atoms. The fourth-order valence-electron chi connectivity index (χ4n) is 4.61. The first-order valence-corrected chi connectivity index (χ1v) is 11.2. The maximum atomic E-state index is 12.5. The monoisotopic (exact) mass is 400 g/mol. The lowest BCUT2D eigenvalue weighted by Gasteiger charge is -2.43. The number of piperidine rings is 1. The number of fused-ring (bicyclic) bond motifs is 1. The predicted octanol–water partition coefficient (Wildman–Crippen LogP) is 3.31. The summed E-state index contributed by atoms with van der Waals surface area (Å²) in [6.07, 6.45) is 6.64. The second-order valence-corrected chi connectivity index (χ2v) is 9.85. The van der Waals surface area contributed by atoms with Crippen LogP contribution in [0.3, 0.4) is 0 Å². The molecule has 0 N–H and O–H groups in total. The molecule has 1 saturated carbocycles. The number of amides is 1. The second-order valence-electron chi connectivity index (χ2n) is 8.65. The zero-order valence-electron chi connectivity index (χ0n) is 16.7. The van der Waals surface area contributed by atoms with Gasteiger partial charge in [-0.05, 0) is 51.0 Å². The summed E-state index contributed by atoms with van der Waals surface area (Å²) >= 11 is 1.75. The minimum Gasteiger partial charge on any atom is -0.372 e. The highest BCUT2D eigenvalue weighted by atomic mass is 32.1. The highest BCUT2D eigenvalue weighted by Gasteiger charge is 2.42. The van der Waals surface area contributed by atoms with Crippen LogP contribution in [0.1, 0.15) is 42.5 Å². The Morgan fingerprint density at radius 3 is 2.79 bits per heavy atom. The molecule has 150 valence electrons. The topological polar surface area (TPSA) is 58.6 Å². The summed E-state index contributed by atoms with van der Waals surface area (Å²) in [5, 5.41) is 1.20. The average molecular weight is 401 g/mol. The van der Waals surface area contributed by atoms with Crippen molar-refractivity contribution in [3.63, 3.8) is 0 Å². The smallest absolute Gasteiger partial charge is 0.224 e. The first-order valence-electron chi connectivity index (χ1n) is 10.4. The number of aryl methyl sites for hydroxylation is 2. The number of hydrogen-bond donors (Lipinski definition) is 0. The Labute approximate surface area is 169 Å². The fourth-order valence-corrected chi connectivity index (χ4v) is 5.60. The third-order valence-electron chi connectivity index (χ3n) is 6.65. The van der Waals surface area contributed by atoms with Crippen LogP contribution >= 0.6 is 11.3 Å². The normalized spacial score (nSPS) is 22.9. The SMILES string of the molecule is Cc1sc2ncnc(N3CCC4(CC3)CN(CC3CC3)C(=O)CCO4)c2c1C. The van der Waals surface area contributed by atoms with E-state index in [-0.39, 0.29) is 11.5 Å². The number of hydrogen-bond acceptors (Lipinski definition) is 6. The van der Waals surface area contributed by atoms with Gasteiger partial charge in [-0.1, -0.05) is 0 Å². The predicted molar refractivity (Wildman–Crippen MR) is 111 cm³/mol. The van der Waals surface area contributed by atoms with Gasteiger partial charge in [0, 0.05) is 31.1 Å². The van der Waals surface area contributed by atoms with Gasteiger partial charge < -0.3 is 14.5 Å². The van der Waals surface area contributed by atoms with E-state index >= 15 is 0 Å². The van der Waals surface area contributed by atoms with Gasteiger partial charge in [-0.25, -0.2) is 9.97 Å². The molecule has 2 saturated heterocycles. The van der Waals surface area contributed by atoms with Crippen molar-refractivity contribution in [2.24, 2.45) is 5.92 Å². The van der Waals surface area contributed by atoms with Crippen molar-refractivity contribution in [1.82, 2.24) is 14.9 Å². The van der Waals surface area contributed by atoms with Gasteiger partial charge in [-0.15, -0.1) is 11.3 Å². The van der Waals surface area contributed by atoms with E-state index in [1.807, 2.05) is 0 Å². The van der Waals surface area contributed by atoms with Crippen LogP contribution in [-0.2, 0) is 9.53 Å². The van der Waals surface area contributed by atoms with Gasteiger partial charge in [0.1, 0.15) is 17.0 Å². The van der Waals surface area contributed by atoms with E-state index in [1.165, 1.54) is 28.7 Å². The maximum Gasteiger partial charge on any atom is 0.224 e. The number of thiophene rings is 1. The van der Waals surface area contributed by atoms with Crippen LogP contribution in [0.4, 0.5) is 5.82 Å². The number of carbonyl (C=O) groups excluding carboxylic acids is 1. The molecule has 1 amide bonds. The van der Waals surface area contributed by atoms with Gasteiger partial charge in [-0.2, -0.15) is 0 Å². The summed E-state index contributed by atoms with van der Waals surface area (Å²) in [7, 11) is 0. The molecule has 2 aromatic rings. The van der Waals surface area contributed by atoms with Crippen LogP contribution in [0, 0.1) is 19.8 Å². The first kappa shape index (κ1) is 18.3. The van der Waals surface area contributed by atoms with Crippen molar-refractivity contribution in [3.8, 4) is 0 Å². The molecule has 6 nitrogen and oxygen atoms in total. The Morgan fingerprint density at radius 2 is 2.04 bits per heavy atom. The van der Waals surface area contributed by atoms with Crippen LogP contribution in [-0.4, -0.2) is 59.2 Å². The molecule has 7 heteroatoms. The first-order chi connectivity index (χ1) is 13.5. The molecule has 0 aromatic carbocycles. The average Bonchev–Trinajstić information content (AvgIpc) is 3.47. The summed E-state index contributed by atoms with van der Waals surface area (Å²) in [4.78, 5) is 28.5. The summed E-state index contributed by atoms with van der Waals surface area (Å²) in [6.45, 7) is 8.38. The molecule has 0 bridgehead atoms. The Morgan fingerprint density at radius 1 is 1.25 bits per heavy atom. The lowest BCUT2D eigenvalue weighted by Crippen LogP contribution is -2.52. The molecule has 1 aliphatic carbocycles. The van der Waals surface area contributed by atoms with Gasteiger partial charge >= 0.3 is 0 Å². The van der Waals surface area contributed by atoms with Crippen molar-refractivity contribution in [3.05, 3.63) is 16.8 Å². The molecule has 28 heavy (non-hydrogen) atoms. The fraction of sp³-hybridized carbons (Fsp3) is 0.667. The summed E-state index contributed by atoms with van der Waals surface area (Å²) in [6, 6.07) is 0. The number of aromatic nitrogens is 2. The van der Waals surface area contributed by atoms with Crippen LogP contribution < -0.4 is 4.90 Å². The standard InChI is InChI=1S/C21H28N4O2S/c1-14-15(2)28-20-18(14)19(22-13-23-20)24-8-6-21(7-9-24)12-25(11-16-3-4-16)17(26)5-10-27-21/h13,16H,3-12H2,1-2H3. The zero-order valence-corrected chi connectivity index (χ0v) is 17.6. The molecule has 3 aliphatic rings. The molecule has 0 radical (unpaired) electrons. The van der Waals surface area contributed by atoms with Crippen molar-refractivity contribution >= 4 is 33.3 Å². The van der Waals surface area contributed by atoms with E-state index in [0.717, 1.165) is 55.6 Å². The van der Waals surface area contributed by atoms with Gasteiger partial charge in [-0.3, -0.25) is 4.79 Å². The minimum absolute atomic E-state index is 0.191.